The van der Waals surface area contributed by atoms with Crippen LogP contribution in [0.15, 0.2) is 110 Å². The third-order valence-corrected chi connectivity index (χ3v) is 13.8. The Balaban J connectivity index is 1.23. The summed E-state index contributed by atoms with van der Waals surface area (Å²) in [5.74, 6) is -10.6. The molecule has 33 heteroatoms. The van der Waals surface area contributed by atoms with Crippen LogP contribution in [0.25, 0.3) is 38.9 Å². The van der Waals surface area contributed by atoms with Gasteiger partial charge in [-0.1, -0.05) is 39.0 Å². The fourth-order valence-corrected chi connectivity index (χ4v) is 9.18. The van der Waals surface area contributed by atoms with Crippen LogP contribution in [0.5, 0.6) is 0 Å². The zero-order valence-electron chi connectivity index (χ0n) is 47.3. The van der Waals surface area contributed by atoms with Gasteiger partial charge < -0.3 is 76.5 Å². The minimum absolute atomic E-state index is 0.00255. The Morgan fingerprint density at radius 1 is 0.727 bits per heavy atom. The molecule has 10 bridgehead atoms. The molecule has 0 spiro atoms. The molecule has 1 aliphatic rings. The molecule has 12 N–H and O–H groups in total. The molecular weight excluding hydrogens is 1190 g/mol. The van der Waals surface area contributed by atoms with Gasteiger partial charge in [-0.05, 0) is 52.8 Å². The van der Waals surface area contributed by atoms with Crippen LogP contribution in [0, 0.1) is 13.8 Å². The van der Waals surface area contributed by atoms with E-state index in [0.29, 0.717) is 0 Å². The zero-order chi connectivity index (χ0) is 64.6. The van der Waals surface area contributed by atoms with E-state index in [1.54, 1.807) is 6.92 Å². The van der Waals surface area contributed by atoms with Crippen molar-refractivity contribution in [2.75, 3.05) is 7.11 Å². The second kappa shape index (κ2) is 27.4. The number of ketones is 1. The summed E-state index contributed by atoms with van der Waals surface area (Å²) in [4.78, 5) is 159. The van der Waals surface area contributed by atoms with Crippen molar-refractivity contribution >= 4 is 98.6 Å². The van der Waals surface area contributed by atoms with E-state index in [9.17, 15) is 58.2 Å². The summed E-state index contributed by atoms with van der Waals surface area (Å²) < 4.78 is 22.8. The van der Waals surface area contributed by atoms with E-state index in [4.69, 9.17) is 23.7 Å². The summed E-state index contributed by atoms with van der Waals surface area (Å²) in [6.45, 7) is 24.6. The third-order valence-electron chi connectivity index (χ3n) is 12.0. The molecule has 4 unspecified atom stereocenters. The van der Waals surface area contributed by atoms with Gasteiger partial charge in [-0.2, -0.15) is 0 Å². The van der Waals surface area contributed by atoms with E-state index in [1.807, 2.05) is 5.32 Å². The first-order chi connectivity index (χ1) is 41.6. The fourth-order valence-electron chi connectivity index (χ4n) is 7.51. The van der Waals surface area contributed by atoms with Gasteiger partial charge in [-0.3, -0.25) is 47.9 Å². The van der Waals surface area contributed by atoms with Gasteiger partial charge in [0.2, 0.25) is 23.6 Å². The largest absolute Gasteiger partial charge is 0.443 e. The number of allylic oxidation sites excluding steroid dienone is 2. The van der Waals surface area contributed by atoms with Crippen LogP contribution in [-0.2, 0) is 28.7 Å². The van der Waals surface area contributed by atoms with Crippen molar-refractivity contribution in [3.8, 4) is 22.0 Å². The molecule has 4 atom stereocenters. The average molecular weight is 1240 g/mol. The van der Waals surface area contributed by atoms with Gasteiger partial charge in [0, 0.05) is 35.4 Å². The predicted octanol–water partition coefficient (Wildman–Crippen LogP) is 2.01. The number of carbonyl (C=O) groups excluding carboxylic acids is 10. The highest BCUT2D eigenvalue weighted by Gasteiger charge is 2.32. The molecular formula is C55H53N15O16S2. The van der Waals surface area contributed by atoms with Gasteiger partial charge in [0.25, 0.3) is 47.3 Å². The van der Waals surface area contributed by atoms with Gasteiger partial charge in [0.05, 0.1) is 40.7 Å². The molecule has 0 radical (unpaired) electrons. The number of amides is 9. The van der Waals surface area contributed by atoms with Crippen molar-refractivity contribution in [2.45, 2.75) is 65.5 Å². The Hall–Kier alpha value is -11.0. The van der Waals surface area contributed by atoms with Crippen LogP contribution in [0.3, 0.4) is 0 Å². The molecule has 6 aromatic heterocycles. The third kappa shape index (κ3) is 15.1. The zero-order valence-corrected chi connectivity index (χ0v) is 48.9. The number of nitrogens with one attached hydrogen (secondary N) is 8. The summed E-state index contributed by atoms with van der Waals surface area (Å²) >= 11 is 1.85. The van der Waals surface area contributed by atoms with Crippen LogP contribution >= 0.6 is 22.7 Å². The lowest BCUT2D eigenvalue weighted by molar-refractivity contribution is -0.124. The Labute approximate surface area is 505 Å². The van der Waals surface area contributed by atoms with Gasteiger partial charge in [-0.15, -0.1) is 22.7 Å². The van der Waals surface area contributed by atoms with Crippen molar-refractivity contribution in [3.63, 3.8) is 0 Å². The Morgan fingerprint density at radius 3 is 2.00 bits per heavy atom. The first kappa shape index (κ1) is 64.6. The van der Waals surface area contributed by atoms with E-state index in [1.165, 1.54) is 63.8 Å². The maximum atomic E-state index is 14.0. The number of fused-ring (bicyclic) bond motifs is 13. The van der Waals surface area contributed by atoms with Crippen LogP contribution in [0.2, 0.25) is 0 Å². The number of primary amides is 1. The first-order valence-corrected chi connectivity index (χ1v) is 27.2. The number of aromatic nitrogens is 6. The SMILES string of the molecule is C=C(NC(=O)C(=C)NC(=O)C(=C)NC(=O)c1ccc2c(n1)-c1coc(n1)C(=C)NC(=O)C(=C)NC(=O)c1nc(oc1C)/C(=C/C)CC(=O)c1csc(n1)C(OC)NC(=O)c1nc(oc1C)/C(=C/C(C)O)NC(=O)C(C(C)O)NC(=O)c1csc-2n1)C(N)=O. The summed E-state index contributed by atoms with van der Waals surface area (Å²) in [6.07, 6.45) is -0.734. The van der Waals surface area contributed by atoms with E-state index in [2.05, 4.69) is 100 Å². The number of oxazole rings is 3. The number of nitrogens with two attached hydrogens (primary N) is 1. The number of Topliss-reactive ketones (excluding diaryl/α,β-unsaturated/α-hetero) is 1. The molecule has 1 aliphatic heterocycles. The average Bonchev–Trinajstić information content (AvgIpc) is 2.95. The maximum Gasteiger partial charge on any atom is 0.278 e. The second-order valence-corrected chi connectivity index (χ2v) is 20.4. The number of pyridine rings is 1. The number of carbonyl (C=O) groups is 10. The van der Waals surface area contributed by atoms with Crippen LogP contribution in [0.4, 0.5) is 0 Å². The number of nitrogens with zero attached hydrogens (tertiary/aromatic N) is 6. The monoisotopic (exact) mass is 1240 g/mol. The number of aliphatic hydroxyl groups excluding tert-OH is 2. The molecule has 7 rings (SSSR count). The van der Waals surface area contributed by atoms with E-state index < -0.39 is 112 Å². The highest BCUT2D eigenvalue weighted by atomic mass is 32.1. The molecule has 456 valence electrons. The molecule has 6 aromatic rings. The molecule has 0 saturated carbocycles. The quantitative estimate of drug-likeness (QED) is 0.0874. The molecule has 7 heterocycles. The van der Waals surface area contributed by atoms with Gasteiger partial charge in [-0.25, -0.2) is 29.9 Å². The predicted molar refractivity (Wildman–Crippen MR) is 310 cm³/mol. The highest BCUT2D eigenvalue weighted by molar-refractivity contribution is 7.13. The van der Waals surface area contributed by atoms with E-state index >= 15 is 0 Å². The highest BCUT2D eigenvalue weighted by Crippen LogP contribution is 2.34. The summed E-state index contributed by atoms with van der Waals surface area (Å²) in [6, 6.07) is 0.783. The van der Waals surface area contributed by atoms with Gasteiger partial charge >= 0.3 is 0 Å². The number of methoxy groups -OCH3 is 1. The lowest BCUT2D eigenvalue weighted by Crippen LogP contribution is -2.52. The number of ether oxygens (including phenoxy) is 1. The van der Waals surface area contributed by atoms with Crippen LogP contribution < -0.4 is 48.3 Å². The van der Waals surface area contributed by atoms with Crippen molar-refractivity contribution in [1.29, 1.82) is 0 Å². The summed E-state index contributed by atoms with van der Waals surface area (Å²) in [5, 5.41) is 42.8. The normalized spacial score (nSPS) is 17.1. The molecule has 0 fully saturated rings. The van der Waals surface area contributed by atoms with Crippen molar-refractivity contribution in [1.82, 2.24) is 72.4 Å². The molecule has 88 heavy (non-hydrogen) atoms. The van der Waals surface area contributed by atoms with Gasteiger partial charge in [0.1, 0.15) is 68.0 Å². The fraction of sp³-hybridized carbons (Fsp3) is 0.200. The minimum Gasteiger partial charge on any atom is -0.443 e. The van der Waals surface area contributed by atoms with E-state index in [-0.39, 0.29) is 102 Å². The van der Waals surface area contributed by atoms with Crippen LogP contribution in [0.1, 0.15) is 120 Å². The summed E-state index contributed by atoms with van der Waals surface area (Å²) in [7, 11) is 1.27. The first-order valence-electron chi connectivity index (χ1n) is 25.4. The standard InChI is InChI=1S/C55H53N15O16S2/c1-12-29-16-36(73)34-18-88-55(65-34)53(83-11)70-49(82)39-28(10)86-52(69-39)32(15-20(2)71)63-47(80)37(26(8)72)67-46(79)35-19-87-54(66-35)30-13-14-31(45(78)59-23(5)43(76)58-22(4)42(75)57-21(3)41(56)74)62-40(30)33-17-84-50(64-33)25(7)61-44(77)24(6)60-48(81)38-27(9)85-51(29)68-38/h12-15,17-20,26,37,53,71-72H,3-7,16H2,1-2,8-11H3,(H2,56,74)(H,57,75)(H,58,76)(H,59,78)(H,60,81)(H,61,77)(H,63,80)(H,67,79)(H,70,82)/b29-12+,32-15-. The Kier molecular flexibility index (Phi) is 20.1. The van der Waals surface area contributed by atoms with E-state index in [0.717, 1.165) is 35.0 Å². The Bertz CT molecular complexity index is 4020. The van der Waals surface area contributed by atoms with Crippen molar-refractivity contribution in [3.05, 3.63) is 160 Å². The number of hydrogen-bond donors (Lipinski definition) is 11. The number of aryl methyl sites for hydroxylation is 2. The smallest absolute Gasteiger partial charge is 0.278 e. The molecule has 0 aromatic carbocycles. The maximum absolute atomic E-state index is 14.0. The Morgan fingerprint density at radius 2 is 1.35 bits per heavy atom. The number of hydrogen-bond acceptors (Lipinski definition) is 24. The topological polar surface area (TPSA) is 459 Å². The minimum atomic E-state index is -1.73. The molecule has 9 amide bonds. The molecule has 0 saturated heterocycles. The van der Waals surface area contributed by atoms with Crippen molar-refractivity contribution < 1.29 is 76.1 Å². The van der Waals surface area contributed by atoms with Crippen molar-refractivity contribution in [2.24, 2.45) is 5.73 Å². The lowest BCUT2D eigenvalue weighted by atomic mass is 10.1. The van der Waals surface area contributed by atoms with Gasteiger partial charge in [0.15, 0.2) is 23.4 Å². The molecule has 31 nitrogen and oxygen atoms in total. The second-order valence-electron chi connectivity index (χ2n) is 18.6. The number of aliphatic hydroxyl groups is 2. The van der Waals surface area contributed by atoms with Crippen LogP contribution in [-0.4, -0.2) is 124 Å². The summed E-state index contributed by atoms with van der Waals surface area (Å²) in [5.41, 5.74) is 0.981. The number of thiazole rings is 2. The lowest BCUT2D eigenvalue weighted by Gasteiger charge is -2.21. The number of rotatable bonds is 10. The molecule has 0 aliphatic carbocycles.